The molecule has 2 aliphatic rings. The topological polar surface area (TPSA) is 0 Å². The van der Waals surface area contributed by atoms with E-state index in [1.807, 2.05) is 0 Å². The number of aryl methyl sites for hydroxylation is 2. The second-order valence-corrected chi connectivity index (χ2v) is 41.8. The molecule has 2 unspecified atom stereocenters. The molecular weight excluding hydrogens is 735 g/mol. The molecule has 0 aliphatic heterocycles. The van der Waals surface area contributed by atoms with E-state index in [1.54, 1.807) is 33.4 Å². The zero-order valence-electron chi connectivity index (χ0n) is 29.1. The Morgan fingerprint density at radius 1 is 0.522 bits per heavy atom. The van der Waals surface area contributed by atoms with Gasteiger partial charge in [-0.15, -0.1) is 0 Å². The Morgan fingerprint density at radius 2 is 0.935 bits per heavy atom. The van der Waals surface area contributed by atoms with Crippen LogP contribution in [-0.4, -0.2) is 5.98 Å². The van der Waals surface area contributed by atoms with Crippen LogP contribution in [0.25, 0.3) is 34.4 Å². The normalized spacial score (nSPS) is 16.8. The summed E-state index contributed by atoms with van der Waals surface area (Å²) in [5, 5.41) is 0. The molecule has 0 bridgehead atoms. The minimum absolute atomic E-state index is 0.708. The first-order valence-electron chi connectivity index (χ1n) is 18.2. The van der Waals surface area contributed by atoms with Gasteiger partial charge in [0.1, 0.15) is 0 Å². The van der Waals surface area contributed by atoms with Crippen LogP contribution in [0, 0.1) is 0 Å². The van der Waals surface area contributed by atoms with Gasteiger partial charge in [-0.2, -0.15) is 0 Å². The molecule has 237 valence electrons. The van der Waals surface area contributed by atoms with Crippen LogP contribution in [0.3, 0.4) is 0 Å². The maximum atomic E-state index is 2.74. The van der Waals surface area contributed by atoms with E-state index in [1.165, 1.54) is 71.9 Å². The maximum absolute atomic E-state index is 2.74. The molecule has 0 N–H and O–H groups in total. The molecule has 0 aromatic heterocycles. The molecule has 0 heterocycles. The van der Waals surface area contributed by atoms with E-state index < -0.39 is 26.6 Å². The quantitative estimate of drug-likeness (QED) is 0.118. The second kappa shape index (κ2) is 15.1. The zero-order chi connectivity index (χ0) is 32.2. The monoisotopic (exact) mass is 789 g/mol. The van der Waals surface area contributed by atoms with Crippen LogP contribution in [-0.2, 0) is 33.4 Å². The Hall–Kier alpha value is -2.55. The molecule has 4 aromatic rings. The van der Waals surface area contributed by atoms with Crippen LogP contribution in [0.2, 0.25) is 13.1 Å². The molecule has 46 heavy (non-hydrogen) atoms. The number of benzene rings is 4. The van der Waals surface area contributed by atoms with Gasteiger partial charge in [0.15, 0.2) is 0 Å². The fraction of sp³-hybridized carbons (Fsp3) is 0.364. The molecule has 0 fully saturated rings. The third-order valence-electron chi connectivity index (χ3n) is 10.7. The third-order valence-corrected chi connectivity index (χ3v) is 41.5. The molecule has 4 aromatic carbocycles. The average Bonchev–Trinajstić information content (AvgIpc) is 3.64. The van der Waals surface area contributed by atoms with E-state index in [2.05, 4.69) is 138 Å². The van der Waals surface area contributed by atoms with Gasteiger partial charge in [-0.3, -0.25) is 0 Å². The van der Waals surface area contributed by atoms with Crippen molar-refractivity contribution in [3.63, 3.8) is 0 Å². The van der Waals surface area contributed by atoms with Gasteiger partial charge in [-0.05, 0) is 0 Å². The van der Waals surface area contributed by atoms with Gasteiger partial charge in [-0.1, -0.05) is 0 Å². The fourth-order valence-electron chi connectivity index (χ4n) is 8.40. The molecule has 6 rings (SSSR count). The molecular formula is C44H53HfSi. The molecule has 0 saturated heterocycles. The molecule has 0 spiro atoms. The van der Waals surface area contributed by atoms with Crippen molar-refractivity contribution in [3.8, 4) is 22.3 Å². The molecule has 2 aliphatic carbocycles. The first-order chi connectivity index (χ1) is 22.5. The van der Waals surface area contributed by atoms with E-state index in [4.69, 9.17) is 0 Å². The Morgan fingerprint density at radius 3 is 1.33 bits per heavy atom. The van der Waals surface area contributed by atoms with Crippen LogP contribution in [0.15, 0.2) is 96.1 Å². The van der Waals surface area contributed by atoms with Crippen molar-refractivity contribution in [1.29, 1.82) is 0 Å². The minimum atomic E-state index is -2.42. The van der Waals surface area contributed by atoms with Crippen molar-refractivity contribution in [2.45, 2.75) is 99.5 Å². The van der Waals surface area contributed by atoms with Gasteiger partial charge in [0.2, 0.25) is 0 Å². The van der Waals surface area contributed by atoms with Gasteiger partial charge in [-0.25, -0.2) is 0 Å². The van der Waals surface area contributed by atoms with Gasteiger partial charge >= 0.3 is 290 Å². The van der Waals surface area contributed by atoms with Crippen LogP contribution >= 0.6 is 0 Å². The summed E-state index contributed by atoms with van der Waals surface area (Å²) in [4.78, 5) is 0. The van der Waals surface area contributed by atoms with Crippen LogP contribution in [0.1, 0.15) is 107 Å². The van der Waals surface area contributed by atoms with Crippen molar-refractivity contribution in [2.24, 2.45) is 0 Å². The van der Waals surface area contributed by atoms with E-state index in [0.717, 1.165) is 12.8 Å². The third kappa shape index (κ3) is 6.34. The number of hydrogen-bond donors (Lipinski definition) is 0. The second-order valence-electron chi connectivity index (χ2n) is 13.8. The van der Waals surface area contributed by atoms with Crippen molar-refractivity contribution in [1.82, 2.24) is 0 Å². The Bertz CT molecular complexity index is 1620. The SMILES string of the molecule is CCCCC1=Cc2c(-c3ccccc3CC)cccc2[CH]1[Hf]([CH]1C(CCCC)=Cc2c(-c3ccccc3CC)cccc21)[SiH](C)C. The summed E-state index contributed by atoms with van der Waals surface area (Å²) < 4.78 is 1.42. The Labute approximate surface area is 288 Å². The molecule has 0 nitrogen and oxygen atoms in total. The van der Waals surface area contributed by atoms with Crippen LogP contribution in [0.5, 0.6) is 0 Å². The summed E-state index contributed by atoms with van der Waals surface area (Å²) in [6, 6.07) is 33.0. The van der Waals surface area contributed by atoms with Crippen molar-refractivity contribution in [3.05, 3.63) is 129 Å². The Balaban J connectivity index is 1.53. The Kier molecular flexibility index (Phi) is 11.0. The number of fused-ring (bicyclic) bond motifs is 2. The summed E-state index contributed by atoms with van der Waals surface area (Å²) in [6.45, 7) is 14.8. The molecule has 0 amide bonds. The predicted molar refractivity (Wildman–Crippen MR) is 202 cm³/mol. The standard InChI is InChI=1S/2C21H23.C2H7Si.Hf/c2*1-3-5-9-16-14-18-11-8-13-20(21(18)15-16)19-12-7-6-10-17(19)4-2;1-3-2;/h2*6-8,10-15H,3-5,9H2,1-2H3;3H,1-2H3;. The predicted octanol–water partition coefficient (Wildman–Crippen LogP) is 12.7. The van der Waals surface area contributed by atoms with E-state index in [-0.39, 0.29) is 0 Å². The molecule has 2 atom stereocenters. The molecule has 2 heteroatoms. The number of unbranched alkanes of at least 4 members (excludes halogenated alkanes) is 2. The van der Waals surface area contributed by atoms with Gasteiger partial charge in [0, 0.05) is 0 Å². The van der Waals surface area contributed by atoms with Crippen LogP contribution in [0.4, 0.5) is 0 Å². The zero-order valence-corrected chi connectivity index (χ0v) is 33.9. The number of hydrogen-bond acceptors (Lipinski definition) is 0. The summed E-state index contributed by atoms with van der Waals surface area (Å²) in [7, 11) is 0. The fourth-order valence-corrected chi connectivity index (χ4v) is 40.8. The van der Waals surface area contributed by atoms with E-state index in [0.29, 0.717) is 7.35 Å². The summed E-state index contributed by atoms with van der Waals surface area (Å²) in [5.74, 6) is -0.934. The van der Waals surface area contributed by atoms with Crippen molar-refractivity contribution >= 4 is 18.1 Å². The number of allylic oxidation sites excluding steroid dienone is 2. The van der Waals surface area contributed by atoms with Gasteiger partial charge in [0.05, 0.1) is 0 Å². The molecule has 0 radical (unpaired) electrons. The van der Waals surface area contributed by atoms with Crippen molar-refractivity contribution < 1.29 is 20.6 Å². The summed E-state index contributed by atoms with van der Waals surface area (Å²) >= 11 is -2.42. The molecule has 0 saturated carbocycles. The van der Waals surface area contributed by atoms with Crippen molar-refractivity contribution in [2.75, 3.05) is 0 Å². The number of rotatable bonds is 13. The van der Waals surface area contributed by atoms with Crippen LogP contribution < -0.4 is 0 Å². The average molecular weight is 788 g/mol. The summed E-state index contributed by atoms with van der Waals surface area (Å²) in [6.07, 6.45) is 15.2. The van der Waals surface area contributed by atoms with Gasteiger partial charge in [0.25, 0.3) is 0 Å². The first kappa shape index (κ1) is 33.4. The summed E-state index contributed by atoms with van der Waals surface area (Å²) in [5.41, 5.74) is 18.8. The van der Waals surface area contributed by atoms with E-state index >= 15 is 0 Å². The van der Waals surface area contributed by atoms with Gasteiger partial charge < -0.3 is 0 Å². The first-order valence-corrected chi connectivity index (χ1v) is 31.5. The van der Waals surface area contributed by atoms with E-state index in [9.17, 15) is 0 Å².